The van der Waals surface area contributed by atoms with Crippen molar-refractivity contribution in [1.82, 2.24) is 10.2 Å². The quantitative estimate of drug-likeness (QED) is 0.267. The van der Waals surface area contributed by atoms with E-state index in [-0.39, 0.29) is 28.8 Å². The summed E-state index contributed by atoms with van der Waals surface area (Å²) >= 11 is 12.3. The first kappa shape index (κ1) is 33.0. The van der Waals surface area contributed by atoms with E-state index in [1.807, 2.05) is 6.92 Å². The number of amides is 2. The van der Waals surface area contributed by atoms with Gasteiger partial charge in [-0.25, -0.2) is 8.42 Å². The molecule has 3 aromatic rings. The summed E-state index contributed by atoms with van der Waals surface area (Å²) in [6.07, 6.45) is 0.292. The highest BCUT2D eigenvalue weighted by molar-refractivity contribution is 7.92. The van der Waals surface area contributed by atoms with Crippen LogP contribution in [0.25, 0.3) is 0 Å². The van der Waals surface area contributed by atoms with Crippen LogP contribution in [0.5, 0.6) is 11.5 Å². The fourth-order valence-corrected chi connectivity index (χ4v) is 6.12. The van der Waals surface area contributed by atoms with Crippen molar-refractivity contribution in [1.29, 1.82) is 0 Å². The van der Waals surface area contributed by atoms with Gasteiger partial charge in [-0.15, -0.1) is 0 Å². The van der Waals surface area contributed by atoms with Crippen LogP contribution in [0.4, 0.5) is 5.69 Å². The minimum absolute atomic E-state index is 0.00230. The molecule has 0 fully saturated rings. The highest BCUT2D eigenvalue weighted by Gasteiger charge is 2.34. The van der Waals surface area contributed by atoms with Crippen LogP contribution in [0, 0.1) is 6.92 Å². The summed E-state index contributed by atoms with van der Waals surface area (Å²) in [6.45, 7) is 5.17. The summed E-state index contributed by atoms with van der Waals surface area (Å²) in [5.41, 5.74) is 1.69. The van der Waals surface area contributed by atoms with Gasteiger partial charge in [0.2, 0.25) is 11.8 Å². The van der Waals surface area contributed by atoms with Gasteiger partial charge in [-0.2, -0.15) is 0 Å². The largest absolute Gasteiger partial charge is 0.493 e. The first-order valence-electron chi connectivity index (χ1n) is 13.3. The van der Waals surface area contributed by atoms with E-state index in [2.05, 4.69) is 5.32 Å². The average Bonchev–Trinajstić information content (AvgIpc) is 2.97. The van der Waals surface area contributed by atoms with Crippen molar-refractivity contribution in [3.05, 3.63) is 81.8 Å². The van der Waals surface area contributed by atoms with Crippen molar-refractivity contribution in [3.8, 4) is 11.5 Å². The van der Waals surface area contributed by atoms with Crippen LogP contribution in [0.3, 0.4) is 0 Å². The molecular weight excluding hydrogens is 601 g/mol. The molecular formula is C30H35Cl2N3O6S. The van der Waals surface area contributed by atoms with E-state index >= 15 is 0 Å². The lowest BCUT2D eigenvalue weighted by molar-refractivity contribution is -0.140. The van der Waals surface area contributed by atoms with Crippen molar-refractivity contribution >= 4 is 50.7 Å². The fourth-order valence-electron chi connectivity index (χ4n) is 4.39. The lowest BCUT2D eigenvalue weighted by Gasteiger charge is -2.33. The zero-order chi connectivity index (χ0) is 31.0. The third-order valence-electron chi connectivity index (χ3n) is 6.62. The van der Waals surface area contributed by atoms with Crippen LogP contribution in [0.2, 0.25) is 10.0 Å². The SMILES string of the molecule is CCNC(=O)[C@@H](CC)N(Cc1ccc(Cl)c(Cl)c1)C(=O)CN(c1ccc(OC)c(OC)c1)S(=O)(=O)c1ccc(C)cc1. The number of likely N-dealkylation sites (N-methyl/N-ethyl adjacent to an activating group) is 1. The van der Waals surface area contributed by atoms with Gasteiger partial charge in [-0.1, -0.05) is 53.9 Å². The second-order valence-corrected chi connectivity index (χ2v) is 12.1. The summed E-state index contributed by atoms with van der Waals surface area (Å²) in [5.74, 6) is -0.270. The monoisotopic (exact) mass is 635 g/mol. The molecule has 0 saturated carbocycles. The number of sulfonamides is 1. The third-order valence-corrected chi connectivity index (χ3v) is 9.14. The number of benzene rings is 3. The van der Waals surface area contributed by atoms with Crippen LogP contribution in [0.15, 0.2) is 65.6 Å². The van der Waals surface area contributed by atoms with E-state index in [1.54, 1.807) is 50.2 Å². The fraction of sp³-hybridized carbons (Fsp3) is 0.333. The van der Waals surface area contributed by atoms with E-state index < -0.39 is 28.5 Å². The maximum atomic E-state index is 14.1. The number of carbonyl (C=O) groups is 2. The molecule has 0 saturated heterocycles. The Labute approximate surface area is 257 Å². The first-order chi connectivity index (χ1) is 20.0. The number of hydrogen-bond acceptors (Lipinski definition) is 6. The molecule has 42 heavy (non-hydrogen) atoms. The number of ether oxygens (including phenoxy) is 2. The number of carbonyl (C=O) groups excluding carboxylic acids is 2. The lowest BCUT2D eigenvalue weighted by Crippen LogP contribution is -2.52. The Morgan fingerprint density at radius 1 is 0.905 bits per heavy atom. The molecule has 1 atom stereocenters. The summed E-state index contributed by atoms with van der Waals surface area (Å²) in [4.78, 5) is 28.6. The predicted molar refractivity (Wildman–Crippen MR) is 165 cm³/mol. The molecule has 226 valence electrons. The van der Waals surface area contributed by atoms with Crippen molar-refractivity contribution < 1.29 is 27.5 Å². The number of halogens is 2. The van der Waals surface area contributed by atoms with Crippen LogP contribution in [0.1, 0.15) is 31.4 Å². The van der Waals surface area contributed by atoms with Gasteiger partial charge in [-0.3, -0.25) is 13.9 Å². The Hall–Kier alpha value is -3.47. The molecule has 1 N–H and O–H groups in total. The number of methoxy groups -OCH3 is 2. The molecule has 3 rings (SSSR count). The third kappa shape index (κ3) is 7.67. The van der Waals surface area contributed by atoms with Gasteiger partial charge in [0.15, 0.2) is 11.5 Å². The summed E-state index contributed by atoms with van der Waals surface area (Å²) in [5, 5.41) is 3.41. The van der Waals surface area contributed by atoms with Crippen molar-refractivity contribution in [2.45, 2.75) is 44.7 Å². The Kier molecular flexibility index (Phi) is 11.5. The highest BCUT2D eigenvalue weighted by atomic mass is 35.5. The Bertz CT molecular complexity index is 1520. The number of nitrogens with zero attached hydrogens (tertiary/aromatic N) is 2. The molecule has 2 amide bonds. The molecule has 0 heterocycles. The van der Waals surface area contributed by atoms with Crippen molar-refractivity contribution in [2.75, 3.05) is 31.6 Å². The summed E-state index contributed by atoms with van der Waals surface area (Å²) in [6, 6.07) is 15.0. The predicted octanol–water partition coefficient (Wildman–Crippen LogP) is 5.46. The van der Waals surface area contributed by atoms with Gasteiger partial charge in [0.05, 0.1) is 34.8 Å². The van der Waals surface area contributed by atoms with Crippen molar-refractivity contribution in [3.63, 3.8) is 0 Å². The standard InChI is InChI=1S/C30H35Cl2N3O6S/c1-6-26(30(37)33-7-2)34(18-21-10-14-24(31)25(32)16-21)29(36)19-35(22-11-15-27(40-4)28(17-22)41-5)42(38,39)23-12-8-20(3)9-13-23/h8-17,26H,6-7,18-19H2,1-5H3,(H,33,37)/t26-/m1/s1. The Balaban J connectivity index is 2.13. The normalized spacial score (nSPS) is 11.9. The lowest BCUT2D eigenvalue weighted by atomic mass is 10.1. The van der Waals surface area contributed by atoms with E-state index in [9.17, 15) is 18.0 Å². The molecule has 0 spiro atoms. The van der Waals surface area contributed by atoms with Crippen molar-refractivity contribution in [2.24, 2.45) is 0 Å². The summed E-state index contributed by atoms with van der Waals surface area (Å²) < 4.78 is 39.8. The van der Waals surface area contributed by atoms with Crippen LogP contribution in [-0.2, 0) is 26.2 Å². The van der Waals surface area contributed by atoms with Gasteiger partial charge < -0.3 is 19.7 Å². The number of anilines is 1. The minimum atomic E-state index is -4.24. The Morgan fingerprint density at radius 2 is 1.57 bits per heavy atom. The van der Waals surface area contributed by atoms with Crippen LogP contribution >= 0.6 is 23.2 Å². The maximum absolute atomic E-state index is 14.1. The van der Waals surface area contributed by atoms with Gasteiger partial charge in [0, 0.05) is 19.2 Å². The van der Waals surface area contributed by atoms with Gasteiger partial charge in [-0.05, 0) is 62.2 Å². The van der Waals surface area contributed by atoms with E-state index in [0.717, 1.165) is 9.87 Å². The average molecular weight is 637 g/mol. The number of hydrogen-bond donors (Lipinski definition) is 1. The summed E-state index contributed by atoms with van der Waals surface area (Å²) in [7, 11) is -1.34. The number of rotatable bonds is 13. The molecule has 9 nitrogen and oxygen atoms in total. The molecule has 0 unspecified atom stereocenters. The zero-order valence-corrected chi connectivity index (χ0v) is 26.5. The second-order valence-electron chi connectivity index (χ2n) is 9.45. The Morgan fingerprint density at radius 3 is 2.14 bits per heavy atom. The van der Waals surface area contributed by atoms with Gasteiger partial charge in [0.25, 0.3) is 10.0 Å². The van der Waals surface area contributed by atoms with E-state index in [1.165, 1.54) is 43.4 Å². The van der Waals surface area contributed by atoms with E-state index in [4.69, 9.17) is 32.7 Å². The highest BCUT2D eigenvalue weighted by Crippen LogP contribution is 2.34. The van der Waals surface area contributed by atoms with E-state index in [0.29, 0.717) is 34.3 Å². The molecule has 12 heteroatoms. The second kappa shape index (κ2) is 14.6. The molecule has 3 aromatic carbocycles. The molecule has 0 bridgehead atoms. The molecule has 0 radical (unpaired) electrons. The molecule has 0 aliphatic heterocycles. The van der Waals surface area contributed by atoms with Gasteiger partial charge >= 0.3 is 0 Å². The first-order valence-corrected chi connectivity index (χ1v) is 15.5. The molecule has 0 aliphatic rings. The topological polar surface area (TPSA) is 105 Å². The zero-order valence-electron chi connectivity index (χ0n) is 24.2. The maximum Gasteiger partial charge on any atom is 0.264 e. The minimum Gasteiger partial charge on any atom is -0.493 e. The molecule has 0 aliphatic carbocycles. The number of nitrogens with one attached hydrogen (secondary N) is 1. The van der Waals surface area contributed by atoms with Crippen LogP contribution < -0.4 is 19.1 Å². The smallest absolute Gasteiger partial charge is 0.264 e. The number of aryl methyl sites for hydroxylation is 1. The van der Waals surface area contributed by atoms with Gasteiger partial charge in [0.1, 0.15) is 12.6 Å². The van der Waals surface area contributed by atoms with Crippen LogP contribution in [-0.4, -0.2) is 58.5 Å². The molecule has 0 aromatic heterocycles.